The summed E-state index contributed by atoms with van der Waals surface area (Å²) in [4.78, 5) is 23.0. The van der Waals surface area contributed by atoms with Gasteiger partial charge in [-0.2, -0.15) is 4.98 Å². The molecule has 0 spiro atoms. The molecule has 1 atom stereocenters. The van der Waals surface area contributed by atoms with Crippen LogP contribution in [0.4, 0.5) is 0 Å². The first-order valence-electron chi connectivity index (χ1n) is 9.22. The van der Waals surface area contributed by atoms with E-state index in [1.807, 2.05) is 24.0 Å². The first-order chi connectivity index (χ1) is 12.2. The zero-order chi connectivity index (χ0) is 17.3. The van der Waals surface area contributed by atoms with Gasteiger partial charge in [-0.15, -0.1) is 0 Å². The van der Waals surface area contributed by atoms with Crippen LogP contribution in [0.2, 0.25) is 0 Å². The van der Waals surface area contributed by atoms with Gasteiger partial charge < -0.3 is 9.42 Å². The van der Waals surface area contributed by atoms with E-state index in [4.69, 9.17) is 9.51 Å². The number of pyridine rings is 1. The van der Waals surface area contributed by atoms with Crippen LogP contribution in [0.1, 0.15) is 51.3 Å². The molecule has 2 fully saturated rings. The molecule has 1 unspecified atom stereocenters. The molecule has 0 radical (unpaired) electrons. The molecule has 1 saturated heterocycles. The lowest BCUT2D eigenvalue weighted by molar-refractivity contribution is -0.133. The van der Waals surface area contributed by atoms with Crippen LogP contribution in [0.25, 0.3) is 11.5 Å². The number of carbonyl (C=O) groups excluding carboxylic acids is 1. The Labute approximate surface area is 147 Å². The molecule has 3 heterocycles. The first-order valence-corrected chi connectivity index (χ1v) is 9.22. The van der Waals surface area contributed by atoms with E-state index < -0.39 is 0 Å². The minimum absolute atomic E-state index is 0.168. The fraction of sp³-hybridized carbons (Fsp3) is 0.579. The Morgan fingerprint density at radius 1 is 1.36 bits per heavy atom. The predicted molar refractivity (Wildman–Crippen MR) is 92.7 cm³/mol. The molecule has 0 aromatic carbocycles. The number of likely N-dealkylation sites (tertiary alicyclic amines) is 1. The van der Waals surface area contributed by atoms with Crippen LogP contribution < -0.4 is 0 Å². The fourth-order valence-corrected chi connectivity index (χ4v) is 3.93. The summed E-state index contributed by atoms with van der Waals surface area (Å²) in [6, 6.07) is 3.75. The summed E-state index contributed by atoms with van der Waals surface area (Å²) in [7, 11) is 0. The number of amides is 1. The van der Waals surface area contributed by atoms with E-state index in [1.54, 1.807) is 12.4 Å². The summed E-state index contributed by atoms with van der Waals surface area (Å²) in [6.07, 6.45) is 9.62. The molecule has 4 rings (SSSR count). The highest BCUT2D eigenvalue weighted by molar-refractivity contribution is 5.76. The predicted octanol–water partition coefficient (Wildman–Crippen LogP) is 3.20. The minimum Gasteiger partial charge on any atom is -0.342 e. The minimum atomic E-state index is -0.168. The van der Waals surface area contributed by atoms with Gasteiger partial charge in [-0.05, 0) is 37.3 Å². The van der Waals surface area contributed by atoms with Crippen molar-refractivity contribution >= 4 is 5.91 Å². The maximum atomic E-state index is 12.3. The van der Waals surface area contributed by atoms with E-state index >= 15 is 0 Å². The SMILES string of the molecule is CCC(=O)N1CCCC(CC2CC2)(c2noc(-c3ccncc3)n2)C1. The topological polar surface area (TPSA) is 72.1 Å². The second-order valence-electron chi connectivity index (χ2n) is 7.36. The lowest BCUT2D eigenvalue weighted by Crippen LogP contribution is -2.49. The maximum absolute atomic E-state index is 12.3. The fourth-order valence-electron chi connectivity index (χ4n) is 3.93. The Hall–Kier alpha value is -2.24. The summed E-state index contributed by atoms with van der Waals surface area (Å²) >= 11 is 0. The van der Waals surface area contributed by atoms with Crippen molar-refractivity contribution in [2.75, 3.05) is 13.1 Å². The van der Waals surface area contributed by atoms with Crippen LogP contribution in [0.3, 0.4) is 0 Å². The van der Waals surface area contributed by atoms with Crippen molar-refractivity contribution in [3.05, 3.63) is 30.4 Å². The third-order valence-electron chi connectivity index (χ3n) is 5.44. The highest BCUT2D eigenvalue weighted by Gasteiger charge is 2.45. The summed E-state index contributed by atoms with van der Waals surface area (Å²) in [5.41, 5.74) is 0.714. The van der Waals surface area contributed by atoms with Crippen LogP contribution >= 0.6 is 0 Å². The maximum Gasteiger partial charge on any atom is 0.258 e. The van der Waals surface area contributed by atoms with E-state index in [1.165, 1.54) is 12.8 Å². The summed E-state index contributed by atoms with van der Waals surface area (Å²) in [5, 5.41) is 4.34. The zero-order valence-corrected chi connectivity index (χ0v) is 14.6. The van der Waals surface area contributed by atoms with Gasteiger partial charge in [0.15, 0.2) is 5.82 Å². The summed E-state index contributed by atoms with van der Waals surface area (Å²) in [5.74, 6) is 2.25. The lowest BCUT2D eigenvalue weighted by atomic mass is 9.74. The van der Waals surface area contributed by atoms with Crippen molar-refractivity contribution < 1.29 is 9.32 Å². The normalized spacial score (nSPS) is 23.6. The van der Waals surface area contributed by atoms with Crippen molar-refractivity contribution in [3.8, 4) is 11.5 Å². The summed E-state index contributed by atoms with van der Waals surface area (Å²) in [6.45, 7) is 3.48. The molecule has 0 N–H and O–H groups in total. The molecule has 6 heteroatoms. The molecule has 1 amide bonds. The van der Waals surface area contributed by atoms with Crippen molar-refractivity contribution in [1.29, 1.82) is 0 Å². The Morgan fingerprint density at radius 2 is 2.16 bits per heavy atom. The number of hydrogen-bond donors (Lipinski definition) is 0. The third kappa shape index (κ3) is 3.30. The second kappa shape index (κ2) is 6.58. The summed E-state index contributed by atoms with van der Waals surface area (Å²) < 4.78 is 5.56. The Bertz CT molecular complexity index is 741. The molecule has 25 heavy (non-hydrogen) atoms. The van der Waals surface area contributed by atoms with Crippen molar-refractivity contribution in [2.24, 2.45) is 5.92 Å². The number of rotatable bonds is 5. The highest BCUT2D eigenvalue weighted by atomic mass is 16.5. The third-order valence-corrected chi connectivity index (χ3v) is 5.44. The van der Waals surface area contributed by atoms with E-state index in [0.29, 0.717) is 18.9 Å². The van der Waals surface area contributed by atoms with Gasteiger partial charge in [-0.3, -0.25) is 9.78 Å². The molecular formula is C19H24N4O2. The Kier molecular flexibility index (Phi) is 4.27. The Balaban J connectivity index is 1.65. The van der Waals surface area contributed by atoms with Crippen LogP contribution in [-0.2, 0) is 10.2 Å². The van der Waals surface area contributed by atoms with Crippen LogP contribution in [0.15, 0.2) is 29.0 Å². The molecule has 1 aliphatic heterocycles. The molecule has 1 aliphatic carbocycles. The van der Waals surface area contributed by atoms with Gasteiger partial charge in [0.1, 0.15) is 0 Å². The molecule has 132 valence electrons. The van der Waals surface area contributed by atoms with E-state index in [0.717, 1.165) is 43.1 Å². The number of aromatic nitrogens is 3. The van der Waals surface area contributed by atoms with Crippen LogP contribution in [0, 0.1) is 5.92 Å². The standard InChI is InChI=1S/C19H24N4O2/c1-2-16(24)23-11-3-8-19(13-23,12-14-4-5-14)18-21-17(25-22-18)15-6-9-20-10-7-15/h6-7,9-10,14H,2-5,8,11-13H2,1H3. The van der Waals surface area contributed by atoms with Gasteiger partial charge in [-0.25, -0.2) is 0 Å². The van der Waals surface area contributed by atoms with Gasteiger partial charge >= 0.3 is 0 Å². The smallest absolute Gasteiger partial charge is 0.258 e. The van der Waals surface area contributed by atoms with Crippen LogP contribution in [0.5, 0.6) is 0 Å². The van der Waals surface area contributed by atoms with E-state index in [9.17, 15) is 4.79 Å². The molecular weight excluding hydrogens is 316 g/mol. The largest absolute Gasteiger partial charge is 0.342 e. The average Bonchev–Trinajstić information content (AvgIpc) is 3.32. The Morgan fingerprint density at radius 3 is 2.88 bits per heavy atom. The molecule has 2 aliphatic rings. The number of nitrogens with zero attached hydrogens (tertiary/aromatic N) is 4. The van der Waals surface area contributed by atoms with Gasteiger partial charge in [0.05, 0.1) is 5.41 Å². The number of carbonyl (C=O) groups is 1. The molecule has 2 aromatic heterocycles. The van der Waals surface area contributed by atoms with E-state index in [2.05, 4.69) is 10.1 Å². The monoisotopic (exact) mass is 340 g/mol. The molecule has 6 nitrogen and oxygen atoms in total. The average molecular weight is 340 g/mol. The van der Waals surface area contributed by atoms with Crippen molar-refractivity contribution in [3.63, 3.8) is 0 Å². The first kappa shape index (κ1) is 16.2. The lowest BCUT2D eigenvalue weighted by Gasteiger charge is -2.41. The van der Waals surface area contributed by atoms with E-state index in [-0.39, 0.29) is 11.3 Å². The highest BCUT2D eigenvalue weighted by Crippen LogP contribution is 2.45. The molecule has 1 saturated carbocycles. The van der Waals surface area contributed by atoms with Gasteiger partial charge in [0, 0.05) is 37.5 Å². The quantitative estimate of drug-likeness (QED) is 0.836. The number of piperidine rings is 1. The van der Waals surface area contributed by atoms with Crippen LogP contribution in [-0.4, -0.2) is 39.0 Å². The molecule has 0 bridgehead atoms. The second-order valence-corrected chi connectivity index (χ2v) is 7.36. The van der Waals surface area contributed by atoms with Crippen molar-refractivity contribution in [2.45, 2.75) is 50.9 Å². The van der Waals surface area contributed by atoms with Crippen molar-refractivity contribution in [1.82, 2.24) is 20.0 Å². The van der Waals surface area contributed by atoms with Gasteiger partial charge in [0.2, 0.25) is 5.91 Å². The molecule has 2 aromatic rings. The van der Waals surface area contributed by atoms with Gasteiger partial charge in [-0.1, -0.05) is 24.9 Å². The zero-order valence-electron chi connectivity index (χ0n) is 14.6. The van der Waals surface area contributed by atoms with Gasteiger partial charge in [0.25, 0.3) is 5.89 Å². The number of hydrogen-bond acceptors (Lipinski definition) is 5.